The molecule has 5 rings (SSSR count). The van der Waals surface area contributed by atoms with Crippen molar-refractivity contribution in [1.29, 1.82) is 0 Å². The first-order chi connectivity index (χ1) is 18.6. The number of rotatable bonds is 8. The number of nitrogens with zero attached hydrogens (tertiary/aromatic N) is 1. The van der Waals surface area contributed by atoms with E-state index in [0.717, 1.165) is 5.56 Å². The summed E-state index contributed by atoms with van der Waals surface area (Å²) in [5, 5.41) is 16.3. The van der Waals surface area contributed by atoms with Gasteiger partial charge in [0.15, 0.2) is 0 Å². The average molecular weight is 556 g/mol. The SMILES string of the molecule is CCOc1ccc(NC(=O)[C@@H]2[C@H]3C(=O)N([C@H](C)CO)C(C(=O)Nc4c(C)cccc4Cl)C34CC[C@@]2(C)O4)cc1. The molecule has 1 spiro atoms. The highest BCUT2D eigenvalue weighted by atomic mass is 35.5. The Morgan fingerprint density at radius 3 is 2.54 bits per heavy atom. The second kappa shape index (κ2) is 10.1. The zero-order valence-electron chi connectivity index (χ0n) is 22.5. The summed E-state index contributed by atoms with van der Waals surface area (Å²) < 4.78 is 12.1. The molecule has 2 aromatic carbocycles. The molecule has 3 amide bonds. The van der Waals surface area contributed by atoms with Crippen LogP contribution >= 0.6 is 11.6 Å². The monoisotopic (exact) mass is 555 g/mol. The van der Waals surface area contributed by atoms with Crippen molar-refractivity contribution in [2.75, 3.05) is 23.8 Å². The van der Waals surface area contributed by atoms with Crippen LogP contribution in [-0.4, -0.2) is 64.2 Å². The Morgan fingerprint density at radius 1 is 1.18 bits per heavy atom. The molecule has 2 bridgehead atoms. The van der Waals surface area contributed by atoms with Gasteiger partial charge in [0.1, 0.15) is 17.4 Å². The van der Waals surface area contributed by atoms with Crippen molar-refractivity contribution in [3.05, 3.63) is 53.1 Å². The van der Waals surface area contributed by atoms with Gasteiger partial charge in [0.05, 0.1) is 47.4 Å². The highest BCUT2D eigenvalue weighted by Crippen LogP contribution is 2.63. The van der Waals surface area contributed by atoms with Gasteiger partial charge < -0.3 is 30.1 Å². The molecule has 6 atom stereocenters. The normalized spacial score (nSPS) is 29.7. The fourth-order valence-corrected chi connectivity index (χ4v) is 6.90. The summed E-state index contributed by atoms with van der Waals surface area (Å²) in [5.74, 6) is -2.19. The van der Waals surface area contributed by atoms with Gasteiger partial charge in [0.25, 0.3) is 0 Å². The van der Waals surface area contributed by atoms with E-state index in [1.165, 1.54) is 4.90 Å². The Morgan fingerprint density at radius 2 is 1.90 bits per heavy atom. The van der Waals surface area contributed by atoms with E-state index < -0.39 is 41.0 Å². The van der Waals surface area contributed by atoms with Crippen LogP contribution in [0.4, 0.5) is 11.4 Å². The van der Waals surface area contributed by atoms with E-state index in [2.05, 4.69) is 10.6 Å². The molecule has 3 saturated heterocycles. The minimum absolute atomic E-state index is 0.344. The number of benzene rings is 2. The number of carbonyl (C=O) groups excluding carboxylic acids is 3. The van der Waals surface area contributed by atoms with Gasteiger partial charge in [-0.2, -0.15) is 0 Å². The highest BCUT2D eigenvalue weighted by molar-refractivity contribution is 6.34. The topological polar surface area (TPSA) is 117 Å². The number of para-hydroxylation sites is 1. The number of fused-ring (bicyclic) bond motifs is 1. The lowest BCUT2D eigenvalue weighted by molar-refractivity contribution is -0.146. The van der Waals surface area contributed by atoms with Crippen molar-refractivity contribution < 1.29 is 29.0 Å². The van der Waals surface area contributed by atoms with Gasteiger partial charge in [-0.25, -0.2) is 0 Å². The molecule has 2 unspecified atom stereocenters. The maximum atomic E-state index is 14.0. The maximum absolute atomic E-state index is 14.0. The summed E-state index contributed by atoms with van der Waals surface area (Å²) >= 11 is 6.39. The molecule has 0 aliphatic carbocycles. The number of aryl methyl sites for hydroxylation is 1. The Labute approximate surface area is 232 Å². The van der Waals surface area contributed by atoms with Gasteiger partial charge >= 0.3 is 0 Å². The van der Waals surface area contributed by atoms with Gasteiger partial charge in [-0.05, 0) is 76.4 Å². The van der Waals surface area contributed by atoms with Crippen LogP contribution in [0.1, 0.15) is 39.2 Å². The minimum atomic E-state index is -1.21. The molecule has 0 radical (unpaired) electrons. The summed E-state index contributed by atoms with van der Waals surface area (Å²) in [6, 6.07) is 10.6. The van der Waals surface area contributed by atoms with Crippen LogP contribution in [0.2, 0.25) is 5.02 Å². The van der Waals surface area contributed by atoms with E-state index in [4.69, 9.17) is 21.1 Å². The molecule has 10 heteroatoms. The van der Waals surface area contributed by atoms with Crippen LogP contribution in [0.3, 0.4) is 0 Å². The molecule has 3 heterocycles. The molecule has 3 aliphatic rings. The van der Waals surface area contributed by atoms with Crippen LogP contribution in [-0.2, 0) is 19.1 Å². The lowest BCUT2D eigenvalue weighted by atomic mass is 9.66. The second-order valence-corrected chi connectivity index (χ2v) is 11.3. The fraction of sp³-hybridized carbons (Fsp3) is 0.483. The number of likely N-dealkylation sites (tertiary alicyclic amines) is 1. The molecule has 9 nitrogen and oxygen atoms in total. The van der Waals surface area contributed by atoms with Crippen LogP contribution in [0.15, 0.2) is 42.5 Å². The third-order valence-corrected chi connectivity index (χ3v) is 8.70. The van der Waals surface area contributed by atoms with Gasteiger partial charge in [-0.1, -0.05) is 23.7 Å². The quantitative estimate of drug-likeness (QED) is 0.456. The summed E-state index contributed by atoms with van der Waals surface area (Å²) in [4.78, 5) is 43.1. The third kappa shape index (κ3) is 4.37. The minimum Gasteiger partial charge on any atom is -0.494 e. The van der Waals surface area contributed by atoms with E-state index in [0.29, 0.717) is 41.6 Å². The lowest BCUT2D eigenvalue weighted by Crippen LogP contribution is -2.56. The maximum Gasteiger partial charge on any atom is 0.250 e. The number of halogens is 1. The number of hydrogen-bond acceptors (Lipinski definition) is 6. The Balaban J connectivity index is 1.49. The Hall–Kier alpha value is -3.14. The zero-order chi connectivity index (χ0) is 28.1. The number of hydrogen-bond donors (Lipinski definition) is 3. The van der Waals surface area contributed by atoms with Crippen molar-refractivity contribution in [3.8, 4) is 5.75 Å². The largest absolute Gasteiger partial charge is 0.494 e. The standard InChI is InChI=1S/C29H34ClN3O6/c1-5-38-19-11-9-18(10-12-19)31-25(35)21-22-27(37)33(17(3)15-34)24(29(22)14-13-28(21,4)39-29)26(36)32-23-16(2)7-6-8-20(23)30/h6-12,17,21-22,24,34H,5,13-15H2,1-4H3,(H,31,35)(H,32,36)/t17-,21+,22+,24?,28-,29?/m1/s1. The van der Waals surface area contributed by atoms with E-state index in [9.17, 15) is 19.5 Å². The molecular formula is C29H34ClN3O6. The molecule has 2 aromatic rings. The Kier molecular flexibility index (Phi) is 7.11. The van der Waals surface area contributed by atoms with Crippen molar-refractivity contribution >= 4 is 40.7 Å². The molecular weight excluding hydrogens is 522 g/mol. The number of aliphatic hydroxyl groups is 1. The van der Waals surface area contributed by atoms with Gasteiger partial charge in [0, 0.05) is 5.69 Å². The van der Waals surface area contributed by atoms with E-state index in [1.807, 2.05) is 26.8 Å². The first-order valence-corrected chi connectivity index (χ1v) is 13.7. The van der Waals surface area contributed by atoms with Gasteiger partial charge in [-0.15, -0.1) is 0 Å². The first kappa shape index (κ1) is 27.4. The highest BCUT2D eigenvalue weighted by Gasteiger charge is 2.78. The third-order valence-electron chi connectivity index (χ3n) is 8.39. The molecule has 3 fully saturated rings. The number of nitrogens with one attached hydrogen (secondary N) is 2. The Bertz CT molecular complexity index is 1280. The summed E-state index contributed by atoms with van der Waals surface area (Å²) in [5.41, 5.74) is -0.347. The molecule has 0 aromatic heterocycles. The van der Waals surface area contributed by atoms with Crippen molar-refractivity contribution in [3.63, 3.8) is 0 Å². The van der Waals surface area contributed by atoms with Gasteiger partial charge in [0.2, 0.25) is 17.7 Å². The number of carbonyl (C=O) groups is 3. The van der Waals surface area contributed by atoms with E-state index >= 15 is 0 Å². The summed E-state index contributed by atoms with van der Waals surface area (Å²) in [6.45, 7) is 7.43. The number of amides is 3. The van der Waals surface area contributed by atoms with E-state index in [1.54, 1.807) is 43.3 Å². The van der Waals surface area contributed by atoms with Gasteiger partial charge in [-0.3, -0.25) is 14.4 Å². The first-order valence-electron chi connectivity index (χ1n) is 13.3. The summed E-state index contributed by atoms with van der Waals surface area (Å²) in [7, 11) is 0. The second-order valence-electron chi connectivity index (χ2n) is 10.9. The van der Waals surface area contributed by atoms with Crippen molar-refractivity contribution in [1.82, 2.24) is 4.90 Å². The van der Waals surface area contributed by atoms with Crippen molar-refractivity contribution in [2.24, 2.45) is 11.8 Å². The van der Waals surface area contributed by atoms with Crippen LogP contribution in [0.5, 0.6) is 5.75 Å². The molecule has 3 N–H and O–H groups in total. The number of ether oxygens (including phenoxy) is 2. The molecule has 0 saturated carbocycles. The molecule has 3 aliphatic heterocycles. The number of anilines is 2. The lowest BCUT2D eigenvalue weighted by Gasteiger charge is -2.35. The predicted molar refractivity (Wildman–Crippen MR) is 147 cm³/mol. The van der Waals surface area contributed by atoms with E-state index in [-0.39, 0.29) is 18.4 Å². The van der Waals surface area contributed by atoms with Crippen LogP contribution in [0, 0.1) is 18.8 Å². The van der Waals surface area contributed by atoms with Crippen LogP contribution in [0.25, 0.3) is 0 Å². The number of aliphatic hydroxyl groups excluding tert-OH is 1. The smallest absolute Gasteiger partial charge is 0.250 e. The van der Waals surface area contributed by atoms with Crippen LogP contribution < -0.4 is 15.4 Å². The molecule has 208 valence electrons. The fourth-order valence-electron chi connectivity index (χ4n) is 6.63. The zero-order valence-corrected chi connectivity index (χ0v) is 23.2. The average Bonchev–Trinajstić information content (AvgIpc) is 3.47. The molecule has 39 heavy (non-hydrogen) atoms. The predicted octanol–water partition coefficient (Wildman–Crippen LogP) is 3.77. The summed E-state index contributed by atoms with van der Waals surface area (Å²) in [6.07, 6.45) is 0.940. The van der Waals surface area contributed by atoms with Crippen molar-refractivity contribution in [2.45, 2.75) is 63.8 Å².